The summed E-state index contributed by atoms with van der Waals surface area (Å²) in [6.45, 7) is 5.47. The van der Waals surface area contributed by atoms with Crippen molar-refractivity contribution in [1.29, 1.82) is 0 Å². The van der Waals surface area contributed by atoms with Crippen LogP contribution in [0.2, 0.25) is 5.02 Å². The normalized spacial score (nSPS) is 12.3. The first-order valence-electron chi connectivity index (χ1n) is 5.59. The lowest BCUT2D eigenvalue weighted by Crippen LogP contribution is -2.21. The third kappa shape index (κ3) is 5.59. The molecule has 0 saturated carbocycles. The first-order chi connectivity index (χ1) is 7.97. The van der Waals surface area contributed by atoms with E-state index in [2.05, 4.69) is 0 Å². The molecule has 17 heavy (non-hydrogen) atoms. The zero-order valence-corrected chi connectivity index (χ0v) is 11.0. The van der Waals surface area contributed by atoms with Crippen LogP contribution in [0.5, 0.6) is 5.75 Å². The average Bonchev–Trinajstić information content (AvgIpc) is 2.19. The Balaban J connectivity index is 2.41. The fourth-order valence-electron chi connectivity index (χ4n) is 1.33. The summed E-state index contributed by atoms with van der Waals surface area (Å²) in [5, 5.41) is 0.657. The summed E-state index contributed by atoms with van der Waals surface area (Å²) >= 11 is 5.76. The highest BCUT2D eigenvalue weighted by Crippen LogP contribution is 2.17. The zero-order chi connectivity index (χ0) is 12.8. The molecule has 0 spiro atoms. The van der Waals surface area contributed by atoms with Crippen molar-refractivity contribution >= 4 is 17.6 Å². The number of ether oxygens (including phenoxy) is 2. The van der Waals surface area contributed by atoms with Crippen LogP contribution in [0.1, 0.15) is 27.2 Å². The van der Waals surface area contributed by atoms with Gasteiger partial charge in [-0.1, -0.05) is 11.6 Å². The molecule has 4 heteroatoms. The monoisotopic (exact) mass is 256 g/mol. The van der Waals surface area contributed by atoms with Gasteiger partial charge in [0.1, 0.15) is 11.9 Å². The van der Waals surface area contributed by atoms with Crippen LogP contribution < -0.4 is 4.74 Å². The Hall–Kier alpha value is -1.22. The van der Waals surface area contributed by atoms with Crippen molar-refractivity contribution in [1.82, 2.24) is 0 Å². The molecule has 1 unspecified atom stereocenters. The van der Waals surface area contributed by atoms with Crippen molar-refractivity contribution in [2.45, 2.75) is 39.4 Å². The van der Waals surface area contributed by atoms with E-state index in [1.807, 2.05) is 20.8 Å². The van der Waals surface area contributed by atoms with Gasteiger partial charge in [0, 0.05) is 5.02 Å². The number of benzene rings is 1. The highest BCUT2D eigenvalue weighted by molar-refractivity contribution is 6.30. The van der Waals surface area contributed by atoms with Gasteiger partial charge < -0.3 is 9.47 Å². The van der Waals surface area contributed by atoms with Crippen molar-refractivity contribution in [3.8, 4) is 5.75 Å². The van der Waals surface area contributed by atoms with E-state index in [0.717, 1.165) is 0 Å². The summed E-state index contributed by atoms with van der Waals surface area (Å²) in [5.74, 6) is 0.445. The van der Waals surface area contributed by atoms with E-state index in [1.54, 1.807) is 24.3 Å². The van der Waals surface area contributed by atoms with E-state index in [-0.39, 0.29) is 24.6 Å². The van der Waals surface area contributed by atoms with Gasteiger partial charge in [0.25, 0.3) is 0 Å². The van der Waals surface area contributed by atoms with Crippen LogP contribution in [-0.4, -0.2) is 18.2 Å². The lowest BCUT2D eigenvalue weighted by molar-refractivity contribution is -0.149. The first kappa shape index (κ1) is 13.8. The molecule has 1 aromatic carbocycles. The minimum Gasteiger partial charge on any atom is -0.490 e. The summed E-state index contributed by atoms with van der Waals surface area (Å²) in [4.78, 5) is 11.4. The minimum atomic E-state index is -0.249. The molecule has 0 aliphatic heterocycles. The molecule has 0 fully saturated rings. The number of hydrogen-bond donors (Lipinski definition) is 0. The number of halogens is 1. The molecule has 0 aliphatic carbocycles. The second-order valence-electron chi connectivity index (χ2n) is 4.13. The van der Waals surface area contributed by atoms with Crippen LogP contribution in [0.4, 0.5) is 0 Å². The molecule has 1 aromatic rings. The summed E-state index contributed by atoms with van der Waals surface area (Å²) in [5.41, 5.74) is 0. The van der Waals surface area contributed by atoms with E-state index >= 15 is 0 Å². The molecule has 0 heterocycles. The van der Waals surface area contributed by atoms with Crippen LogP contribution >= 0.6 is 11.6 Å². The molecule has 0 radical (unpaired) electrons. The van der Waals surface area contributed by atoms with Crippen LogP contribution in [0.15, 0.2) is 24.3 Å². The van der Waals surface area contributed by atoms with E-state index in [0.29, 0.717) is 10.8 Å². The maximum Gasteiger partial charge on any atom is 0.309 e. The summed E-state index contributed by atoms with van der Waals surface area (Å²) < 4.78 is 10.6. The number of esters is 1. The van der Waals surface area contributed by atoms with Gasteiger partial charge in [0.05, 0.1) is 12.5 Å². The van der Waals surface area contributed by atoms with Crippen molar-refractivity contribution in [2.75, 3.05) is 0 Å². The maximum absolute atomic E-state index is 11.4. The smallest absolute Gasteiger partial charge is 0.309 e. The Kier molecular flexibility index (Phi) is 5.29. The van der Waals surface area contributed by atoms with Crippen molar-refractivity contribution in [3.63, 3.8) is 0 Å². The van der Waals surface area contributed by atoms with Crippen LogP contribution in [-0.2, 0) is 9.53 Å². The topological polar surface area (TPSA) is 35.5 Å². The third-order valence-corrected chi connectivity index (χ3v) is 2.22. The minimum absolute atomic E-state index is 0.0924. The second-order valence-corrected chi connectivity index (χ2v) is 4.56. The van der Waals surface area contributed by atoms with Gasteiger partial charge in [0.15, 0.2) is 0 Å². The predicted molar refractivity (Wildman–Crippen MR) is 67.4 cm³/mol. The second kappa shape index (κ2) is 6.50. The molecule has 0 aliphatic rings. The number of rotatable bonds is 5. The fourth-order valence-corrected chi connectivity index (χ4v) is 1.46. The average molecular weight is 257 g/mol. The molecule has 0 saturated heterocycles. The Morgan fingerprint density at radius 1 is 1.24 bits per heavy atom. The van der Waals surface area contributed by atoms with E-state index in [4.69, 9.17) is 21.1 Å². The summed E-state index contributed by atoms with van der Waals surface area (Å²) in [6, 6.07) is 7.03. The molecule has 94 valence electrons. The molecule has 1 atom stereocenters. The van der Waals surface area contributed by atoms with Gasteiger partial charge >= 0.3 is 5.97 Å². The van der Waals surface area contributed by atoms with Gasteiger partial charge in [-0.05, 0) is 45.0 Å². The summed E-state index contributed by atoms with van der Waals surface area (Å²) in [6.07, 6.45) is -0.0754. The molecular formula is C13H17ClO3. The zero-order valence-electron chi connectivity index (χ0n) is 10.3. The first-order valence-corrected chi connectivity index (χ1v) is 5.97. The van der Waals surface area contributed by atoms with Crippen LogP contribution in [0, 0.1) is 0 Å². The van der Waals surface area contributed by atoms with Crippen LogP contribution in [0.25, 0.3) is 0 Å². The van der Waals surface area contributed by atoms with E-state index in [1.165, 1.54) is 0 Å². The lowest BCUT2D eigenvalue weighted by Gasteiger charge is -2.15. The molecule has 0 amide bonds. The van der Waals surface area contributed by atoms with Gasteiger partial charge in [-0.3, -0.25) is 4.79 Å². The highest BCUT2D eigenvalue weighted by Gasteiger charge is 2.12. The maximum atomic E-state index is 11.4. The van der Waals surface area contributed by atoms with Gasteiger partial charge in [-0.15, -0.1) is 0 Å². The standard InChI is InChI=1S/C13H17ClO3/c1-9(2)16-13(15)8-10(3)17-12-6-4-11(14)5-7-12/h4-7,9-10H,8H2,1-3H3. The van der Waals surface area contributed by atoms with Crippen molar-refractivity contribution in [3.05, 3.63) is 29.3 Å². The van der Waals surface area contributed by atoms with Gasteiger partial charge in [-0.2, -0.15) is 0 Å². The summed E-state index contributed by atoms with van der Waals surface area (Å²) in [7, 11) is 0. The lowest BCUT2D eigenvalue weighted by atomic mass is 10.2. The number of carbonyl (C=O) groups excluding carboxylic acids is 1. The highest BCUT2D eigenvalue weighted by atomic mass is 35.5. The SMILES string of the molecule is CC(C)OC(=O)CC(C)Oc1ccc(Cl)cc1. The van der Waals surface area contributed by atoms with E-state index < -0.39 is 0 Å². The number of carbonyl (C=O) groups is 1. The third-order valence-electron chi connectivity index (χ3n) is 1.97. The van der Waals surface area contributed by atoms with Gasteiger partial charge in [0.2, 0.25) is 0 Å². The van der Waals surface area contributed by atoms with E-state index in [9.17, 15) is 4.79 Å². The molecule has 3 nitrogen and oxygen atoms in total. The Labute approximate surface area is 107 Å². The van der Waals surface area contributed by atoms with Crippen LogP contribution in [0.3, 0.4) is 0 Å². The Morgan fingerprint density at radius 2 is 1.82 bits per heavy atom. The fraction of sp³-hybridized carbons (Fsp3) is 0.462. The quantitative estimate of drug-likeness (QED) is 0.757. The molecule has 0 N–H and O–H groups in total. The molecule has 1 rings (SSSR count). The number of hydrogen-bond acceptors (Lipinski definition) is 3. The van der Waals surface area contributed by atoms with Crippen molar-refractivity contribution in [2.24, 2.45) is 0 Å². The van der Waals surface area contributed by atoms with Crippen molar-refractivity contribution < 1.29 is 14.3 Å². The molecule has 0 bridgehead atoms. The predicted octanol–water partition coefficient (Wildman–Crippen LogP) is 3.45. The molecular weight excluding hydrogens is 240 g/mol. The Bertz CT molecular complexity index is 359. The molecule has 0 aromatic heterocycles. The Morgan fingerprint density at radius 3 is 2.35 bits per heavy atom. The largest absolute Gasteiger partial charge is 0.490 e. The van der Waals surface area contributed by atoms with Gasteiger partial charge in [-0.25, -0.2) is 0 Å².